The van der Waals surface area contributed by atoms with E-state index in [1.54, 1.807) is 0 Å². The molecule has 0 aromatic carbocycles. The van der Waals surface area contributed by atoms with Gasteiger partial charge in [0.15, 0.2) is 5.96 Å². The summed E-state index contributed by atoms with van der Waals surface area (Å²) in [5.74, 6) is 1.65. The molecule has 4 nitrogen and oxygen atoms in total. The molecule has 1 aromatic rings. The van der Waals surface area contributed by atoms with Crippen LogP contribution in [0.2, 0.25) is 0 Å². The molecule has 3 aliphatic rings. The van der Waals surface area contributed by atoms with Gasteiger partial charge in [0.25, 0.3) is 0 Å². The third-order valence-electron chi connectivity index (χ3n) is 6.05. The molecular weight excluding hydrogens is 306 g/mol. The molecule has 2 heterocycles. The monoisotopic (exact) mass is 333 g/mol. The van der Waals surface area contributed by atoms with Gasteiger partial charge < -0.3 is 15.4 Å². The standard InChI is InChI=1S/C18H27N3OS/c1-19-17(20-10-6-13-5-4-12-23-13)21-15-14-7-11-22-16(14)18(15)8-2-3-9-18/h4-5,12,14-16H,2-3,6-11H2,1H3,(H2,19,20,21). The Bertz CT molecular complexity index is 551. The van der Waals surface area contributed by atoms with Gasteiger partial charge in [-0.05, 0) is 37.1 Å². The van der Waals surface area contributed by atoms with Crippen LogP contribution in [-0.2, 0) is 11.2 Å². The first-order valence-corrected chi connectivity index (χ1v) is 9.83. The maximum Gasteiger partial charge on any atom is 0.191 e. The third kappa shape index (κ3) is 2.68. The number of hydrogen-bond donors (Lipinski definition) is 2. The molecule has 2 aliphatic carbocycles. The molecule has 1 saturated heterocycles. The van der Waals surface area contributed by atoms with Crippen molar-refractivity contribution in [3.63, 3.8) is 0 Å². The van der Waals surface area contributed by atoms with Crippen molar-refractivity contribution in [2.75, 3.05) is 20.2 Å². The van der Waals surface area contributed by atoms with Crippen LogP contribution in [-0.4, -0.2) is 38.3 Å². The number of nitrogens with zero attached hydrogens (tertiary/aromatic N) is 1. The molecule has 4 rings (SSSR count). The maximum atomic E-state index is 6.07. The van der Waals surface area contributed by atoms with Gasteiger partial charge in [0.1, 0.15) is 0 Å². The minimum atomic E-state index is 0.381. The predicted octanol–water partition coefficient (Wildman–Crippen LogP) is 2.80. The van der Waals surface area contributed by atoms with Crippen molar-refractivity contribution < 1.29 is 4.74 Å². The van der Waals surface area contributed by atoms with Crippen molar-refractivity contribution in [2.24, 2.45) is 16.3 Å². The number of ether oxygens (including phenoxy) is 1. The molecule has 23 heavy (non-hydrogen) atoms. The van der Waals surface area contributed by atoms with E-state index in [1.165, 1.54) is 37.0 Å². The van der Waals surface area contributed by atoms with Crippen LogP contribution in [0.5, 0.6) is 0 Å². The topological polar surface area (TPSA) is 45.7 Å². The Morgan fingerprint density at radius 3 is 3.04 bits per heavy atom. The van der Waals surface area contributed by atoms with Gasteiger partial charge in [-0.3, -0.25) is 4.99 Å². The quantitative estimate of drug-likeness (QED) is 0.658. The van der Waals surface area contributed by atoms with Crippen LogP contribution >= 0.6 is 11.3 Å². The normalized spacial score (nSPS) is 31.9. The van der Waals surface area contributed by atoms with E-state index in [1.807, 2.05) is 18.4 Å². The van der Waals surface area contributed by atoms with E-state index in [2.05, 4.69) is 33.1 Å². The fraction of sp³-hybridized carbons (Fsp3) is 0.722. The molecular formula is C18H27N3OS. The SMILES string of the molecule is CN=C(NCCc1cccs1)NC1C2CCOC2C12CCCC2. The molecule has 0 amide bonds. The van der Waals surface area contributed by atoms with Gasteiger partial charge in [-0.1, -0.05) is 18.9 Å². The highest BCUT2D eigenvalue weighted by atomic mass is 32.1. The van der Waals surface area contributed by atoms with Crippen molar-refractivity contribution in [1.29, 1.82) is 0 Å². The van der Waals surface area contributed by atoms with Crippen molar-refractivity contribution in [1.82, 2.24) is 10.6 Å². The van der Waals surface area contributed by atoms with E-state index >= 15 is 0 Å². The van der Waals surface area contributed by atoms with E-state index in [0.29, 0.717) is 23.5 Å². The molecule has 3 fully saturated rings. The van der Waals surface area contributed by atoms with Gasteiger partial charge >= 0.3 is 0 Å². The Morgan fingerprint density at radius 1 is 1.43 bits per heavy atom. The predicted molar refractivity (Wildman–Crippen MR) is 95.1 cm³/mol. The molecule has 5 heteroatoms. The second-order valence-corrected chi connectivity index (χ2v) is 8.17. The summed E-state index contributed by atoms with van der Waals surface area (Å²) in [4.78, 5) is 5.88. The molecule has 2 saturated carbocycles. The maximum absolute atomic E-state index is 6.07. The molecule has 126 valence electrons. The summed E-state index contributed by atoms with van der Waals surface area (Å²) in [6.45, 7) is 1.88. The second kappa shape index (κ2) is 6.44. The number of thiophene rings is 1. The largest absolute Gasteiger partial charge is 0.377 e. The average Bonchev–Trinajstić information content (AvgIpc) is 3.31. The van der Waals surface area contributed by atoms with Crippen LogP contribution in [0.15, 0.2) is 22.5 Å². The van der Waals surface area contributed by atoms with Gasteiger partial charge in [0.05, 0.1) is 6.10 Å². The zero-order valence-corrected chi connectivity index (χ0v) is 14.7. The van der Waals surface area contributed by atoms with Gasteiger partial charge in [0, 0.05) is 42.5 Å². The van der Waals surface area contributed by atoms with Gasteiger partial charge in [-0.2, -0.15) is 0 Å². The number of guanidine groups is 1. The summed E-state index contributed by atoms with van der Waals surface area (Å²) in [7, 11) is 1.88. The highest BCUT2D eigenvalue weighted by Gasteiger charge is 2.65. The molecule has 2 N–H and O–H groups in total. The lowest BCUT2D eigenvalue weighted by Crippen LogP contribution is -2.69. The summed E-state index contributed by atoms with van der Waals surface area (Å²) in [6.07, 6.45) is 8.12. The van der Waals surface area contributed by atoms with Crippen LogP contribution in [0.25, 0.3) is 0 Å². The van der Waals surface area contributed by atoms with E-state index in [-0.39, 0.29) is 0 Å². The zero-order valence-electron chi connectivity index (χ0n) is 13.9. The van der Waals surface area contributed by atoms with Crippen LogP contribution < -0.4 is 10.6 Å². The number of nitrogens with one attached hydrogen (secondary N) is 2. The van der Waals surface area contributed by atoms with Gasteiger partial charge in [-0.15, -0.1) is 11.3 Å². The number of aliphatic imine (C=N–C) groups is 1. The van der Waals surface area contributed by atoms with Crippen LogP contribution in [0.4, 0.5) is 0 Å². The van der Waals surface area contributed by atoms with Crippen molar-refractivity contribution in [3.8, 4) is 0 Å². The average molecular weight is 334 g/mol. The molecule has 1 aliphatic heterocycles. The summed E-state index contributed by atoms with van der Waals surface area (Å²) < 4.78 is 6.07. The summed E-state index contributed by atoms with van der Waals surface area (Å²) >= 11 is 1.82. The summed E-state index contributed by atoms with van der Waals surface area (Å²) in [5, 5.41) is 9.39. The van der Waals surface area contributed by atoms with E-state index in [0.717, 1.165) is 25.5 Å². The zero-order chi connectivity index (χ0) is 15.7. The summed E-state index contributed by atoms with van der Waals surface area (Å²) in [5.41, 5.74) is 0.381. The first-order valence-electron chi connectivity index (χ1n) is 8.95. The lowest BCUT2D eigenvalue weighted by molar-refractivity contribution is -0.125. The summed E-state index contributed by atoms with van der Waals surface area (Å²) in [6, 6.07) is 4.86. The van der Waals surface area contributed by atoms with Crippen molar-refractivity contribution in [2.45, 2.75) is 50.7 Å². The third-order valence-corrected chi connectivity index (χ3v) is 6.98. The molecule has 1 spiro atoms. The number of fused-ring (bicyclic) bond motifs is 2. The van der Waals surface area contributed by atoms with E-state index in [4.69, 9.17) is 4.74 Å². The Labute approximate surface area is 142 Å². The Hall–Kier alpha value is -1.07. The van der Waals surface area contributed by atoms with Gasteiger partial charge in [-0.25, -0.2) is 0 Å². The Kier molecular flexibility index (Phi) is 4.33. The smallest absolute Gasteiger partial charge is 0.191 e. The van der Waals surface area contributed by atoms with E-state index in [9.17, 15) is 0 Å². The number of hydrogen-bond acceptors (Lipinski definition) is 3. The van der Waals surface area contributed by atoms with Crippen LogP contribution in [0.1, 0.15) is 37.0 Å². The highest BCUT2D eigenvalue weighted by molar-refractivity contribution is 7.09. The van der Waals surface area contributed by atoms with Crippen molar-refractivity contribution in [3.05, 3.63) is 22.4 Å². The minimum absolute atomic E-state index is 0.381. The fourth-order valence-electron chi connectivity index (χ4n) is 5.00. The molecule has 3 unspecified atom stereocenters. The Balaban J connectivity index is 1.35. The van der Waals surface area contributed by atoms with E-state index < -0.39 is 0 Å². The molecule has 1 aromatic heterocycles. The van der Waals surface area contributed by atoms with Crippen LogP contribution in [0.3, 0.4) is 0 Å². The lowest BCUT2D eigenvalue weighted by atomic mass is 9.54. The molecule has 0 bridgehead atoms. The number of rotatable bonds is 4. The van der Waals surface area contributed by atoms with Crippen molar-refractivity contribution >= 4 is 17.3 Å². The van der Waals surface area contributed by atoms with Gasteiger partial charge in [0.2, 0.25) is 0 Å². The second-order valence-electron chi connectivity index (χ2n) is 7.13. The fourth-order valence-corrected chi connectivity index (χ4v) is 5.71. The van der Waals surface area contributed by atoms with Crippen LogP contribution in [0, 0.1) is 11.3 Å². The molecule has 3 atom stereocenters. The minimum Gasteiger partial charge on any atom is -0.377 e. The lowest BCUT2D eigenvalue weighted by Gasteiger charge is -2.57. The molecule has 0 radical (unpaired) electrons. The Morgan fingerprint density at radius 2 is 2.30 bits per heavy atom. The first kappa shape index (κ1) is 15.5. The highest BCUT2D eigenvalue weighted by Crippen LogP contribution is 2.60. The first-order chi connectivity index (χ1) is 11.3.